The van der Waals surface area contributed by atoms with E-state index in [1.165, 1.54) is 36.1 Å². The number of anilines is 1. The number of allylic oxidation sites excluding steroid dienone is 1. The molecule has 1 N–H and O–H groups in total. The average Bonchev–Trinajstić information content (AvgIpc) is 3.21. The third kappa shape index (κ3) is 5.32. The number of unbranched alkanes of at least 4 members (excludes halogenated alkanes) is 3. The summed E-state index contributed by atoms with van der Waals surface area (Å²) in [5.74, 6) is 1.57. The molecule has 2 unspecified atom stereocenters. The maximum absolute atomic E-state index is 11.8. The molecule has 2 aliphatic heterocycles. The Hall–Kier alpha value is -1.17. The van der Waals surface area contributed by atoms with Crippen LogP contribution in [0, 0.1) is 0 Å². The molecule has 184 valence electrons. The number of Topliss-reactive ketones (excluding diaryl/α,β-unsaturated/α-hetero) is 1. The van der Waals surface area contributed by atoms with Crippen LogP contribution in [-0.2, 0) is 10.2 Å². The smallest absolute Gasteiger partial charge is 0.135 e. The lowest BCUT2D eigenvalue weighted by atomic mass is 9.75. The van der Waals surface area contributed by atoms with Crippen molar-refractivity contribution >= 4 is 50.8 Å². The van der Waals surface area contributed by atoms with Crippen LogP contribution in [0.4, 0.5) is 5.69 Å². The van der Waals surface area contributed by atoms with Crippen LogP contribution in [0.3, 0.4) is 0 Å². The van der Waals surface area contributed by atoms with Crippen molar-refractivity contribution in [1.82, 2.24) is 5.32 Å². The summed E-state index contributed by atoms with van der Waals surface area (Å²) in [4.78, 5) is 14.1. The minimum atomic E-state index is -0.166. The second-order valence-electron chi connectivity index (χ2n) is 9.77. The van der Waals surface area contributed by atoms with E-state index in [2.05, 4.69) is 83.3 Å². The first kappa shape index (κ1) is 25.9. The molecule has 3 aliphatic rings. The lowest BCUT2D eigenvalue weighted by Gasteiger charge is -2.32. The van der Waals surface area contributed by atoms with Gasteiger partial charge in [0, 0.05) is 35.0 Å². The highest BCUT2D eigenvalue weighted by Gasteiger charge is 2.50. The first-order chi connectivity index (χ1) is 16.4. The van der Waals surface area contributed by atoms with Crippen LogP contribution in [0.2, 0.25) is 0 Å². The number of hydrogen-bond acceptors (Lipinski definition) is 4. The van der Waals surface area contributed by atoms with Gasteiger partial charge in [0.2, 0.25) is 0 Å². The molecule has 6 heteroatoms. The molecule has 0 aromatic heterocycles. The Kier molecular flexibility index (Phi) is 8.26. The van der Waals surface area contributed by atoms with Gasteiger partial charge in [-0.2, -0.15) is 0 Å². The van der Waals surface area contributed by atoms with Gasteiger partial charge in [-0.25, -0.2) is 0 Å². The molecular formula is C28H36BrClN2OS. The lowest BCUT2D eigenvalue weighted by Crippen LogP contribution is -2.41. The van der Waals surface area contributed by atoms with Crippen molar-refractivity contribution in [3.8, 4) is 0 Å². The Morgan fingerprint density at radius 1 is 1.24 bits per heavy atom. The monoisotopic (exact) mass is 562 g/mol. The first-order valence-electron chi connectivity index (χ1n) is 12.7. The molecule has 0 fully saturated rings. The van der Waals surface area contributed by atoms with Gasteiger partial charge < -0.3 is 10.2 Å². The molecule has 3 nitrogen and oxygen atoms in total. The summed E-state index contributed by atoms with van der Waals surface area (Å²) in [7, 11) is 0. The second-order valence-corrected chi connectivity index (χ2v) is 12.6. The van der Waals surface area contributed by atoms with Gasteiger partial charge in [0.25, 0.3) is 0 Å². The first-order valence-corrected chi connectivity index (χ1v) is 14.7. The Balaban J connectivity index is 1.43. The van der Waals surface area contributed by atoms with Gasteiger partial charge in [-0.05, 0) is 80.2 Å². The van der Waals surface area contributed by atoms with Crippen LogP contribution in [-0.4, -0.2) is 17.2 Å². The van der Waals surface area contributed by atoms with E-state index in [9.17, 15) is 4.79 Å². The Morgan fingerprint density at radius 2 is 2.03 bits per heavy atom. The normalized spacial score (nSPS) is 25.1. The van der Waals surface area contributed by atoms with Gasteiger partial charge in [0.15, 0.2) is 0 Å². The summed E-state index contributed by atoms with van der Waals surface area (Å²) >= 11 is 11.7. The van der Waals surface area contributed by atoms with Crippen molar-refractivity contribution in [3.05, 3.63) is 62.2 Å². The fourth-order valence-electron chi connectivity index (χ4n) is 5.44. The molecule has 4 rings (SSSR count). The standard InChI is InChI=1S/C28H36BrClN2OS/c1-4-11-22(33)12-9-7-8-10-15-27(6-3)19-32(24-14-13-21(29)17-23(24)27)26(5-2)31-28-18-20(28)16-25(30)34-28/h5,13-14,16-18,31H,4,6-12,15,19H2,1-3H3. The van der Waals surface area contributed by atoms with Crippen molar-refractivity contribution in [2.75, 3.05) is 11.4 Å². The van der Waals surface area contributed by atoms with Crippen LogP contribution in [0.25, 0.3) is 0 Å². The number of carbonyl (C=O) groups is 1. The van der Waals surface area contributed by atoms with Crippen LogP contribution in [0.5, 0.6) is 0 Å². The molecule has 0 saturated heterocycles. The van der Waals surface area contributed by atoms with E-state index < -0.39 is 0 Å². The highest BCUT2D eigenvalue weighted by atomic mass is 79.9. The maximum Gasteiger partial charge on any atom is 0.135 e. The zero-order valence-corrected chi connectivity index (χ0v) is 23.7. The van der Waals surface area contributed by atoms with E-state index in [0.29, 0.717) is 5.78 Å². The molecule has 0 bridgehead atoms. The number of benzene rings is 1. The third-order valence-electron chi connectivity index (χ3n) is 7.46. The number of thioether (sulfide) groups is 1. The van der Waals surface area contributed by atoms with Crippen molar-refractivity contribution in [3.63, 3.8) is 0 Å². The molecule has 1 aromatic carbocycles. The van der Waals surface area contributed by atoms with Crippen molar-refractivity contribution < 1.29 is 4.79 Å². The van der Waals surface area contributed by atoms with Crippen molar-refractivity contribution in [1.29, 1.82) is 0 Å². The van der Waals surface area contributed by atoms with Crippen LogP contribution in [0.1, 0.15) is 84.1 Å². The van der Waals surface area contributed by atoms with E-state index in [4.69, 9.17) is 11.6 Å². The van der Waals surface area contributed by atoms with Crippen LogP contribution in [0.15, 0.2) is 56.7 Å². The quantitative estimate of drug-likeness (QED) is 0.244. The lowest BCUT2D eigenvalue weighted by molar-refractivity contribution is -0.119. The Bertz CT molecular complexity index is 1040. The fourth-order valence-corrected chi connectivity index (χ4v) is 7.29. The second kappa shape index (κ2) is 10.8. The predicted octanol–water partition coefficient (Wildman–Crippen LogP) is 8.54. The minimum Gasteiger partial charge on any atom is -0.350 e. The van der Waals surface area contributed by atoms with Gasteiger partial charge in [-0.1, -0.05) is 72.4 Å². The van der Waals surface area contributed by atoms with E-state index in [1.807, 2.05) is 0 Å². The number of ketones is 1. The molecule has 0 spiro atoms. The summed E-state index contributed by atoms with van der Waals surface area (Å²) in [6.07, 6.45) is 15.8. The number of nitrogens with one attached hydrogen (secondary N) is 1. The summed E-state index contributed by atoms with van der Waals surface area (Å²) in [5.41, 5.74) is 4.15. The maximum atomic E-state index is 11.8. The molecule has 1 aromatic rings. The van der Waals surface area contributed by atoms with Crippen LogP contribution >= 0.6 is 39.3 Å². The van der Waals surface area contributed by atoms with Gasteiger partial charge in [0.1, 0.15) is 16.5 Å². The zero-order valence-electron chi connectivity index (χ0n) is 20.6. The molecule has 0 saturated carbocycles. The Morgan fingerprint density at radius 3 is 2.71 bits per heavy atom. The topological polar surface area (TPSA) is 32.3 Å². The zero-order chi connectivity index (χ0) is 24.3. The van der Waals surface area contributed by atoms with Crippen molar-refractivity contribution in [2.24, 2.45) is 0 Å². The van der Waals surface area contributed by atoms with Gasteiger partial charge >= 0.3 is 0 Å². The number of halogens is 2. The highest BCUT2D eigenvalue weighted by Crippen LogP contribution is 2.57. The molecule has 2 atom stereocenters. The summed E-state index contributed by atoms with van der Waals surface area (Å²) < 4.78 is 1.99. The average molecular weight is 564 g/mol. The summed E-state index contributed by atoms with van der Waals surface area (Å²) in [6.45, 7) is 7.50. The summed E-state index contributed by atoms with van der Waals surface area (Å²) in [5, 5.41) is 3.79. The Labute approximate surface area is 222 Å². The SMILES string of the molecule is CC=C(NC12C=C1C=C(Cl)S2)N1CC(CC)(CCCCCCC(=O)CCC)c2cc(Br)ccc21. The molecule has 2 heterocycles. The molecule has 0 amide bonds. The van der Waals surface area contributed by atoms with E-state index in [-0.39, 0.29) is 10.3 Å². The molecule has 34 heavy (non-hydrogen) atoms. The van der Waals surface area contributed by atoms with Gasteiger partial charge in [0.05, 0.1) is 4.36 Å². The number of rotatable bonds is 13. The van der Waals surface area contributed by atoms with E-state index >= 15 is 0 Å². The van der Waals surface area contributed by atoms with Crippen molar-refractivity contribution in [2.45, 2.75) is 88.8 Å². The van der Waals surface area contributed by atoms with E-state index in [0.717, 1.165) is 59.7 Å². The largest absolute Gasteiger partial charge is 0.350 e. The fraction of sp³-hybridized carbons (Fsp3) is 0.536. The third-order valence-corrected chi connectivity index (χ3v) is 9.38. The van der Waals surface area contributed by atoms with Gasteiger partial charge in [-0.3, -0.25) is 4.79 Å². The number of fused-ring (bicyclic) bond motifs is 2. The van der Waals surface area contributed by atoms with Gasteiger partial charge in [-0.15, -0.1) is 0 Å². The van der Waals surface area contributed by atoms with Crippen LogP contribution < -0.4 is 10.2 Å². The molecular weight excluding hydrogens is 528 g/mol. The number of hydrogen-bond donors (Lipinski definition) is 1. The van der Waals surface area contributed by atoms with E-state index in [1.54, 1.807) is 11.8 Å². The predicted molar refractivity (Wildman–Crippen MR) is 150 cm³/mol. The molecule has 0 radical (unpaired) electrons. The summed E-state index contributed by atoms with van der Waals surface area (Å²) in [6, 6.07) is 6.74. The minimum absolute atomic E-state index is 0.128. The molecule has 1 aliphatic carbocycles. The highest BCUT2D eigenvalue weighted by molar-refractivity contribution is 9.10. The number of carbonyl (C=O) groups excluding carboxylic acids is 1. The number of nitrogens with zero attached hydrogens (tertiary/aromatic N) is 1.